The third kappa shape index (κ3) is 5.29. The van der Waals surface area contributed by atoms with Gasteiger partial charge in [-0.05, 0) is 31.2 Å². The number of hydrogen-bond acceptors (Lipinski definition) is 4. The van der Waals surface area contributed by atoms with Gasteiger partial charge in [0, 0.05) is 37.4 Å². The summed E-state index contributed by atoms with van der Waals surface area (Å²) in [6, 6.07) is 14.7. The molecule has 2 aromatic carbocycles. The van der Waals surface area contributed by atoms with Crippen LogP contribution in [-0.4, -0.2) is 42.0 Å². The molecule has 1 aromatic heterocycles. The molecule has 30 heavy (non-hydrogen) atoms. The van der Waals surface area contributed by atoms with Crippen molar-refractivity contribution in [2.75, 3.05) is 31.1 Å². The van der Waals surface area contributed by atoms with E-state index >= 15 is 0 Å². The minimum absolute atomic E-state index is 0. The number of nitrogens with two attached hydrogens (primary N) is 1. The Kier molecular flexibility index (Phi) is 7.30. The van der Waals surface area contributed by atoms with Gasteiger partial charge in [0.2, 0.25) is 5.89 Å². The highest BCUT2D eigenvalue weighted by Crippen LogP contribution is 2.21. The Labute approximate surface area is 192 Å². The van der Waals surface area contributed by atoms with E-state index in [-0.39, 0.29) is 29.8 Å². The molecule has 3 aromatic rings. The summed E-state index contributed by atoms with van der Waals surface area (Å²) in [5, 5.41) is 0. The molecule has 0 atom stereocenters. The summed E-state index contributed by atoms with van der Waals surface area (Å²) in [4.78, 5) is 13.0. The third-order valence-corrected chi connectivity index (χ3v) is 5.06. The van der Waals surface area contributed by atoms with Crippen LogP contribution in [0.4, 0.5) is 10.1 Å². The maximum Gasteiger partial charge on any atom is 0.216 e. The molecule has 8 heteroatoms. The molecule has 0 unspecified atom stereocenters. The predicted octanol–water partition coefficient (Wildman–Crippen LogP) is 4.04. The average molecular weight is 521 g/mol. The molecule has 0 bridgehead atoms. The Morgan fingerprint density at radius 1 is 1.07 bits per heavy atom. The molecular formula is C22H25FIN5O. The van der Waals surface area contributed by atoms with Crippen molar-refractivity contribution in [2.45, 2.75) is 13.5 Å². The first kappa shape index (κ1) is 22.1. The summed E-state index contributed by atoms with van der Waals surface area (Å²) < 4.78 is 18.9. The Morgan fingerprint density at radius 2 is 1.73 bits per heavy atom. The number of rotatable bonds is 4. The van der Waals surface area contributed by atoms with Crippen LogP contribution in [0.15, 0.2) is 64.1 Å². The van der Waals surface area contributed by atoms with Gasteiger partial charge in [-0.2, -0.15) is 0 Å². The lowest BCUT2D eigenvalue weighted by molar-refractivity contribution is 0.379. The van der Waals surface area contributed by atoms with Crippen molar-refractivity contribution in [3.8, 4) is 11.3 Å². The number of anilines is 1. The molecule has 6 nitrogen and oxygen atoms in total. The predicted molar refractivity (Wildman–Crippen MR) is 128 cm³/mol. The maximum atomic E-state index is 13.1. The summed E-state index contributed by atoms with van der Waals surface area (Å²) >= 11 is 0. The summed E-state index contributed by atoms with van der Waals surface area (Å²) in [6.45, 7) is 5.47. The minimum Gasteiger partial charge on any atom is -0.439 e. The highest BCUT2D eigenvalue weighted by molar-refractivity contribution is 14.0. The van der Waals surface area contributed by atoms with Crippen LogP contribution in [0.1, 0.15) is 11.5 Å². The SMILES string of the molecule is Cc1ccc(-c2cnc(CN=C(N)N3CCN(c4ccc(F)cc4)CC3)o2)cc1.I. The number of guanidine groups is 1. The second-order valence-corrected chi connectivity index (χ2v) is 7.11. The Hall–Kier alpha value is -2.62. The highest BCUT2D eigenvalue weighted by Gasteiger charge is 2.18. The number of aryl methyl sites for hydroxylation is 1. The van der Waals surface area contributed by atoms with Gasteiger partial charge in [0.1, 0.15) is 12.4 Å². The van der Waals surface area contributed by atoms with Gasteiger partial charge in [0.15, 0.2) is 11.7 Å². The number of hydrogen-bond donors (Lipinski definition) is 1. The monoisotopic (exact) mass is 521 g/mol. The van der Waals surface area contributed by atoms with E-state index in [0.29, 0.717) is 18.4 Å². The molecule has 1 fully saturated rings. The van der Waals surface area contributed by atoms with Gasteiger partial charge < -0.3 is 20.0 Å². The van der Waals surface area contributed by atoms with Crippen molar-refractivity contribution in [3.05, 3.63) is 72.0 Å². The van der Waals surface area contributed by atoms with E-state index in [4.69, 9.17) is 10.2 Å². The fourth-order valence-corrected chi connectivity index (χ4v) is 3.33. The van der Waals surface area contributed by atoms with Crippen LogP contribution in [0.5, 0.6) is 0 Å². The number of halogens is 2. The van der Waals surface area contributed by atoms with Crippen LogP contribution >= 0.6 is 24.0 Å². The number of piperazine rings is 1. The Bertz CT molecular complexity index is 980. The van der Waals surface area contributed by atoms with Crippen LogP contribution in [0, 0.1) is 12.7 Å². The molecule has 158 valence electrons. The van der Waals surface area contributed by atoms with E-state index < -0.39 is 0 Å². The molecule has 1 aliphatic rings. The van der Waals surface area contributed by atoms with E-state index in [1.807, 2.05) is 36.1 Å². The van der Waals surface area contributed by atoms with E-state index in [1.165, 1.54) is 17.7 Å². The number of aromatic nitrogens is 1. The number of nitrogens with zero attached hydrogens (tertiary/aromatic N) is 4. The van der Waals surface area contributed by atoms with Crippen molar-refractivity contribution in [2.24, 2.45) is 10.7 Å². The molecular weight excluding hydrogens is 496 g/mol. The normalized spacial score (nSPS) is 14.5. The van der Waals surface area contributed by atoms with Crippen molar-refractivity contribution in [1.29, 1.82) is 0 Å². The number of benzene rings is 2. The molecule has 0 aliphatic carbocycles. The van der Waals surface area contributed by atoms with Crippen LogP contribution in [0.3, 0.4) is 0 Å². The second kappa shape index (κ2) is 9.92. The minimum atomic E-state index is -0.221. The Balaban J connectivity index is 0.00000256. The highest BCUT2D eigenvalue weighted by atomic mass is 127. The van der Waals surface area contributed by atoms with Gasteiger partial charge >= 0.3 is 0 Å². The molecule has 0 radical (unpaired) electrons. The maximum absolute atomic E-state index is 13.1. The van der Waals surface area contributed by atoms with Gasteiger partial charge in [-0.15, -0.1) is 24.0 Å². The van der Waals surface area contributed by atoms with Crippen molar-refractivity contribution in [3.63, 3.8) is 0 Å². The molecule has 0 spiro atoms. The van der Waals surface area contributed by atoms with E-state index in [2.05, 4.69) is 14.9 Å². The molecule has 4 rings (SSSR count). The summed E-state index contributed by atoms with van der Waals surface area (Å²) in [7, 11) is 0. The third-order valence-electron chi connectivity index (χ3n) is 5.06. The van der Waals surface area contributed by atoms with Crippen molar-refractivity contribution < 1.29 is 8.81 Å². The standard InChI is InChI=1S/C22H24FN5O.HI/c1-16-2-4-17(5-3-16)20-14-25-21(29-20)15-26-22(24)28-12-10-27(11-13-28)19-8-6-18(23)7-9-19;/h2-9,14H,10-13,15H2,1H3,(H2,24,26);1H. The zero-order chi connectivity index (χ0) is 20.2. The number of oxazole rings is 1. The van der Waals surface area contributed by atoms with Gasteiger partial charge in [0.05, 0.1) is 6.20 Å². The first-order valence-corrected chi connectivity index (χ1v) is 9.65. The van der Waals surface area contributed by atoms with Crippen molar-refractivity contribution in [1.82, 2.24) is 9.88 Å². The summed E-state index contributed by atoms with van der Waals surface area (Å²) in [5.41, 5.74) is 9.38. The van der Waals surface area contributed by atoms with E-state index in [9.17, 15) is 4.39 Å². The lowest BCUT2D eigenvalue weighted by Crippen LogP contribution is -2.51. The lowest BCUT2D eigenvalue weighted by atomic mass is 10.1. The summed E-state index contributed by atoms with van der Waals surface area (Å²) in [5.74, 6) is 1.52. The zero-order valence-corrected chi connectivity index (χ0v) is 19.1. The van der Waals surface area contributed by atoms with E-state index in [0.717, 1.165) is 43.2 Å². The van der Waals surface area contributed by atoms with Gasteiger partial charge in [-0.25, -0.2) is 14.4 Å². The lowest BCUT2D eigenvalue weighted by Gasteiger charge is -2.36. The second-order valence-electron chi connectivity index (χ2n) is 7.11. The average Bonchev–Trinajstić information content (AvgIpc) is 3.22. The Morgan fingerprint density at radius 3 is 2.40 bits per heavy atom. The molecule has 0 saturated carbocycles. The molecule has 2 N–H and O–H groups in total. The molecule has 2 heterocycles. The first-order valence-electron chi connectivity index (χ1n) is 9.65. The van der Waals surface area contributed by atoms with Gasteiger partial charge in [-0.1, -0.05) is 29.8 Å². The first-order chi connectivity index (χ1) is 14.1. The van der Waals surface area contributed by atoms with Crippen LogP contribution in [-0.2, 0) is 6.54 Å². The fourth-order valence-electron chi connectivity index (χ4n) is 3.33. The topological polar surface area (TPSA) is 70.9 Å². The van der Waals surface area contributed by atoms with Gasteiger partial charge in [0.25, 0.3) is 0 Å². The van der Waals surface area contributed by atoms with Crippen LogP contribution < -0.4 is 10.6 Å². The fraction of sp³-hybridized carbons (Fsp3) is 0.273. The van der Waals surface area contributed by atoms with Crippen LogP contribution in [0.2, 0.25) is 0 Å². The van der Waals surface area contributed by atoms with Crippen LogP contribution in [0.25, 0.3) is 11.3 Å². The van der Waals surface area contributed by atoms with E-state index in [1.54, 1.807) is 18.3 Å². The largest absolute Gasteiger partial charge is 0.439 e. The summed E-state index contributed by atoms with van der Waals surface area (Å²) in [6.07, 6.45) is 1.72. The van der Waals surface area contributed by atoms with Crippen molar-refractivity contribution >= 4 is 35.6 Å². The molecule has 1 aliphatic heterocycles. The quantitative estimate of drug-likeness (QED) is 0.319. The van der Waals surface area contributed by atoms with Gasteiger partial charge in [-0.3, -0.25) is 0 Å². The molecule has 1 saturated heterocycles. The molecule has 0 amide bonds. The smallest absolute Gasteiger partial charge is 0.216 e. The zero-order valence-electron chi connectivity index (χ0n) is 16.8. The number of aliphatic imine (C=N–C) groups is 1.